The Morgan fingerprint density at radius 3 is 1.89 bits per heavy atom. The number of carbonyl (C=O) groups excluding carboxylic acids is 3. The highest BCUT2D eigenvalue weighted by atomic mass is 32.2. The zero-order chi connectivity index (χ0) is 35.2. The van der Waals surface area contributed by atoms with Gasteiger partial charge in [-0.25, -0.2) is 17.9 Å². The van der Waals surface area contributed by atoms with E-state index in [0.29, 0.717) is 0 Å². The number of likely N-dealkylation sites (N-methyl/N-ethyl adjacent to an activating group) is 2. The third kappa shape index (κ3) is 9.26. The summed E-state index contributed by atoms with van der Waals surface area (Å²) in [6.45, 7) is 14.7. The fraction of sp³-hybridized carbons (Fsp3) is 0.471. The first-order chi connectivity index (χ1) is 21.1. The molecule has 0 heterocycles. The maximum Gasteiger partial charge on any atom is 0.335 e. The number of carboxylic acids is 1. The number of sulfonamides is 1. The van der Waals surface area contributed by atoms with Crippen molar-refractivity contribution in [1.82, 2.24) is 20.3 Å². The summed E-state index contributed by atoms with van der Waals surface area (Å²) < 4.78 is 27.6. The van der Waals surface area contributed by atoms with Gasteiger partial charge in [0.15, 0.2) is 0 Å². The number of nitrogens with one attached hydrogen (secondary N) is 3. The van der Waals surface area contributed by atoms with Crippen molar-refractivity contribution in [3.8, 4) is 0 Å². The summed E-state index contributed by atoms with van der Waals surface area (Å²) in [5.41, 5.74) is -0.374. The van der Waals surface area contributed by atoms with Gasteiger partial charge in [-0.3, -0.25) is 14.4 Å². The molecular formula is C34H48N4O7S. The number of nitrogens with zero attached hydrogens (tertiary/aromatic N) is 1. The molecule has 3 amide bonds. The van der Waals surface area contributed by atoms with E-state index in [1.54, 1.807) is 14.1 Å². The standard InChI is InChI=1S/C34H48N4O7S/c1-21(2)26(20-22(3)29(39)37-46(44,45)25-18-16-23(17-19-25)32(42)43)38(10)31(41)28(33(4,5)6)36-30(40)27(35-9)34(7,8)24-14-12-11-13-15-24/h11-21,26-28,35H,1-10H3,(H,36,40)(H,37,39)(H,42,43)/b22-20+. The van der Waals surface area contributed by atoms with Crippen LogP contribution >= 0.6 is 0 Å². The lowest BCUT2D eigenvalue weighted by Crippen LogP contribution is -2.61. The Bertz CT molecular complexity index is 1540. The molecule has 0 aliphatic rings. The van der Waals surface area contributed by atoms with Crippen LogP contribution in [0.25, 0.3) is 0 Å². The van der Waals surface area contributed by atoms with Crippen molar-refractivity contribution in [2.75, 3.05) is 14.1 Å². The molecule has 252 valence electrons. The minimum Gasteiger partial charge on any atom is -0.478 e. The first kappa shape index (κ1) is 38.2. The zero-order valence-electron chi connectivity index (χ0n) is 28.3. The van der Waals surface area contributed by atoms with Gasteiger partial charge in [-0.2, -0.15) is 0 Å². The van der Waals surface area contributed by atoms with E-state index < -0.39 is 50.9 Å². The van der Waals surface area contributed by atoms with Crippen molar-refractivity contribution in [3.63, 3.8) is 0 Å². The molecule has 11 nitrogen and oxygen atoms in total. The van der Waals surface area contributed by atoms with Crippen LogP contribution in [0.4, 0.5) is 0 Å². The fourth-order valence-electron chi connectivity index (χ4n) is 5.20. The Hall–Kier alpha value is -4.03. The van der Waals surface area contributed by atoms with E-state index in [-0.39, 0.29) is 33.8 Å². The smallest absolute Gasteiger partial charge is 0.335 e. The van der Waals surface area contributed by atoms with Crippen LogP contribution in [0.2, 0.25) is 0 Å². The maximum absolute atomic E-state index is 14.1. The summed E-state index contributed by atoms with van der Waals surface area (Å²) in [5, 5.41) is 15.2. The first-order valence-electron chi connectivity index (χ1n) is 15.0. The zero-order valence-corrected chi connectivity index (χ0v) is 29.2. The Kier molecular flexibility index (Phi) is 12.5. The van der Waals surface area contributed by atoms with Gasteiger partial charge in [-0.15, -0.1) is 0 Å². The molecule has 2 rings (SSSR count). The second kappa shape index (κ2) is 15.0. The lowest BCUT2D eigenvalue weighted by molar-refractivity contribution is -0.140. The van der Waals surface area contributed by atoms with Crippen molar-refractivity contribution in [2.24, 2.45) is 11.3 Å². The third-order valence-corrected chi connectivity index (χ3v) is 9.43. The van der Waals surface area contributed by atoms with E-state index in [2.05, 4.69) is 10.6 Å². The Labute approximate surface area is 272 Å². The number of rotatable bonds is 13. The van der Waals surface area contributed by atoms with Gasteiger partial charge in [0.05, 0.1) is 22.5 Å². The molecule has 46 heavy (non-hydrogen) atoms. The van der Waals surface area contributed by atoms with Crippen LogP contribution in [-0.4, -0.2) is 74.3 Å². The predicted molar refractivity (Wildman–Crippen MR) is 178 cm³/mol. The average molecular weight is 657 g/mol. The van der Waals surface area contributed by atoms with Crippen LogP contribution in [-0.2, 0) is 29.8 Å². The summed E-state index contributed by atoms with van der Waals surface area (Å²) in [6, 6.07) is 11.9. The summed E-state index contributed by atoms with van der Waals surface area (Å²) in [6.07, 6.45) is 1.53. The number of benzene rings is 2. The number of carbonyl (C=O) groups is 4. The Balaban J connectivity index is 2.32. The highest BCUT2D eigenvalue weighted by Gasteiger charge is 2.41. The minimum absolute atomic E-state index is 0.0558. The van der Waals surface area contributed by atoms with Gasteiger partial charge in [0.1, 0.15) is 6.04 Å². The van der Waals surface area contributed by atoms with Crippen LogP contribution in [0, 0.1) is 11.3 Å². The van der Waals surface area contributed by atoms with Gasteiger partial charge in [-0.1, -0.05) is 84.9 Å². The first-order valence-corrected chi connectivity index (χ1v) is 16.5. The molecule has 2 aromatic rings. The molecule has 0 aromatic heterocycles. The SMILES string of the molecule is CNC(C(=O)NC(C(=O)N(C)C(/C=C(\C)C(=O)NS(=O)(=O)c1ccc(C(=O)O)cc1)C(C)C)C(C)(C)C)C(C)(C)c1ccccc1. The van der Waals surface area contributed by atoms with Crippen LogP contribution in [0.1, 0.15) is 71.3 Å². The van der Waals surface area contributed by atoms with Crippen molar-refractivity contribution < 1.29 is 32.7 Å². The van der Waals surface area contributed by atoms with Crippen molar-refractivity contribution >= 4 is 33.7 Å². The van der Waals surface area contributed by atoms with E-state index in [9.17, 15) is 27.6 Å². The molecule has 4 N–H and O–H groups in total. The Morgan fingerprint density at radius 1 is 0.891 bits per heavy atom. The van der Waals surface area contributed by atoms with Gasteiger partial charge >= 0.3 is 5.97 Å². The predicted octanol–water partition coefficient (Wildman–Crippen LogP) is 3.72. The Morgan fingerprint density at radius 2 is 1.43 bits per heavy atom. The molecule has 0 aliphatic carbocycles. The summed E-state index contributed by atoms with van der Waals surface area (Å²) in [5.74, 6) is -3.00. The van der Waals surface area contributed by atoms with E-state index in [4.69, 9.17) is 5.11 Å². The number of hydrogen-bond acceptors (Lipinski definition) is 7. The normalized spacial score (nSPS) is 14.6. The topological polar surface area (TPSA) is 162 Å². The molecule has 0 bridgehead atoms. The molecule has 3 atom stereocenters. The molecule has 3 unspecified atom stereocenters. The molecule has 0 fully saturated rings. The maximum atomic E-state index is 14.1. The molecular weight excluding hydrogens is 608 g/mol. The van der Waals surface area contributed by atoms with Gasteiger partial charge in [0, 0.05) is 18.0 Å². The molecule has 0 saturated heterocycles. The molecule has 0 radical (unpaired) electrons. The van der Waals surface area contributed by atoms with Crippen LogP contribution in [0.3, 0.4) is 0 Å². The van der Waals surface area contributed by atoms with Crippen LogP contribution in [0.5, 0.6) is 0 Å². The van der Waals surface area contributed by atoms with Gasteiger partial charge in [0.25, 0.3) is 15.9 Å². The minimum atomic E-state index is -4.30. The van der Waals surface area contributed by atoms with E-state index in [1.807, 2.05) is 83.5 Å². The highest BCUT2D eigenvalue weighted by Crippen LogP contribution is 2.29. The van der Waals surface area contributed by atoms with E-state index in [0.717, 1.165) is 29.8 Å². The van der Waals surface area contributed by atoms with Crippen molar-refractivity contribution in [1.29, 1.82) is 0 Å². The van der Waals surface area contributed by atoms with Gasteiger partial charge in [0.2, 0.25) is 11.8 Å². The summed E-state index contributed by atoms with van der Waals surface area (Å²) >= 11 is 0. The van der Waals surface area contributed by atoms with Crippen LogP contribution in [0.15, 0.2) is 71.1 Å². The monoisotopic (exact) mass is 656 g/mol. The third-order valence-electron chi connectivity index (χ3n) is 8.09. The fourth-order valence-corrected chi connectivity index (χ4v) is 6.22. The number of amides is 3. The average Bonchev–Trinajstić information content (AvgIpc) is 2.97. The van der Waals surface area contributed by atoms with E-state index in [1.165, 1.54) is 17.9 Å². The summed E-state index contributed by atoms with van der Waals surface area (Å²) in [7, 11) is -1.01. The molecule has 0 aliphatic heterocycles. The molecule has 2 aromatic carbocycles. The summed E-state index contributed by atoms with van der Waals surface area (Å²) in [4.78, 5) is 53.1. The number of aromatic carboxylic acids is 1. The van der Waals surface area contributed by atoms with Gasteiger partial charge in [-0.05, 0) is 55.1 Å². The van der Waals surface area contributed by atoms with Crippen molar-refractivity contribution in [3.05, 3.63) is 77.4 Å². The second-order valence-corrected chi connectivity index (χ2v) is 15.1. The number of carboxylic acid groups (broad SMARTS) is 1. The largest absolute Gasteiger partial charge is 0.478 e. The lowest BCUT2D eigenvalue weighted by Gasteiger charge is -2.40. The second-order valence-electron chi connectivity index (χ2n) is 13.4. The highest BCUT2D eigenvalue weighted by molar-refractivity contribution is 7.90. The molecule has 0 saturated carbocycles. The molecule has 0 spiro atoms. The van der Waals surface area contributed by atoms with E-state index >= 15 is 0 Å². The van der Waals surface area contributed by atoms with Crippen molar-refractivity contribution in [2.45, 2.75) is 83.8 Å². The van der Waals surface area contributed by atoms with Crippen LogP contribution < -0.4 is 15.4 Å². The van der Waals surface area contributed by atoms with Gasteiger partial charge < -0.3 is 20.6 Å². The molecule has 12 heteroatoms. The lowest BCUT2D eigenvalue weighted by atomic mass is 9.76. The number of hydrogen-bond donors (Lipinski definition) is 4. The quantitative estimate of drug-likeness (QED) is 0.237.